The zero-order valence-electron chi connectivity index (χ0n) is 13.2. The van der Waals surface area contributed by atoms with Gasteiger partial charge in [0.1, 0.15) is 11.6 Å². The molecule has 1 aromatic rings. The van der Waals surface area contributed by atoms with Crippen LogP contribution in [-0.4, -0.2) is 51.4 Å². The summed E-state index contributed by atoms with van der Waals surface area (Å²) in [4.78, 5) is 2.42. The zero-order chi connectivity index (χ0) is 15.4. The summed E-state index contributed by atoms with van der Waals surface area (Å²) < 4.78 is 25.3. The minimum atomic E-state index is -0.129. The highest BCUT2D eigenvalue weighted by molar-refractivity contribution is 5.32. The van der Waals surface area contributed by atoms with Gasteiger partial charge in [-0.1, -0.05) is 0 Å². The molecule has 4 nitrogen and oxygen atoms in total. The van der Waals surface area contributed by atoms with Crippen LogP contribution >= 0.6 is 0 Å². The van der Waals surface area contributed by atoms with Crippen LogP contribution < -0.4 is 10.1 Å². The van der Waals surface area contributed by atoms with E-state index in [0.717, 1.165) is 63.5 Å². The van der Waals surface area contributed by atoms with Crippen LogP contribution in [0.2, 0.25) is 0 Å². The van der Waals surface area contributed by atoms with Crippen molar-refractivity contribution in [3.63, 3.8) is 0 Å². The number of nitrogens with zero attached hydrogens (tertiary/aromatic N) is 1. The van der Waals surface area contributed by atoms with Crippen molar-refractivity contribution in [1.82, 2.24) is 10.2 Å². The number of hydrogen-bond donors (Lipinski definition) is 1. The van der Waals surface area contributed by atoms with E-state index in [1.165, 1.54) is 6.07 Å². The zero-order valence-corrected chi connectivity index (χ0v) is 13.2. The highest BCUT2D eigenvalue weighted by atomic mass is 19.1. The number of benzene rings is 1. The van der Waals surface area contributed by atoms with E-state index in [-0.39, 0.29) is 11.9 Å². The first kappa shape index (κ1) is 15.7. The fourth-order valence-electron chi connectivity index (χ4n) is 3.62. The topological polar surface area (TPSA) is 33.7 Å². The molecular weight excluding hydrogens is 283 g/mol. The molecule has 0 radical (unpaired) electrons. The normalized spacial score (nSPS) is 22.5. The van der Waals surface area contributed by atoms with E-state index < -0.39 is 0 Å². The second-order valence-corrected chi connectivity index (χ2v) is 6.07. The summed E-state index contributed by atoms with van der Waals surface area (Å²) in [5.74, 6) is 1.04. The SMILES string of the molecule is COc1ccc(F)c([C@H](C2CCOCC2)N2CCNCC2)c1. The Balaban J connectivity index is 1.92. The lowest BCUT2D eigenvalue weighted by atomic mass is 9.85. The molecule has 0 bridgehead atoms. The van der Waals surface area contributed by atoms with Gasteiger partial charge < -0.3 is 14.8 Å². The number of rotatable bonds is 4. The summed E-state index contributed by atoms with van der Waals surface area (Å²) in [6, 6.07) is 5.21. The molecule has 0 saturated carbocycles. The highest BCUT2D eigenvalue weighted by Crippen LogP contribution is 2.37. The molecule has 5 heteroatoms. The number of ether oxygens (including phenoxy) is 2. The minimum Gasteiger partial charge on any atom is -0.497 e. The quantitative estimate of drug-likeness (QED) is 0.925. The number of piperazine rings is 1. The van der Waals surface area contributed by atoms with Crippen molar-refractivity contribution in [2.45, 2.75) is 18.9 Å². The molecule has 1 atom stereocenters. The molecule has 1 N–H and O–H groups in total. The Morgan fingerprint density at radius 1 is 1.27 bits per heavy atom. The van der Waals surface area contributed by atoms with Gasteiger partial charge in [0.05, 0.1) is 7.11 Å². The molecule has 1 aromatic carbocycles. The van der Waals surface area contributed by atoms with E-state index in [9.17, 15) is 4.39 Å². The van der Waals surface area contributed by atoms with Crippen LogP contribution in [0.15, 0.2) is 18.2 Å². The summed E-state index contributed by atoms with van der Waals surface area (Å²) in [6.45, 7) is 5.39. The number of nitrogens with one attached hydrogen (secondary N) is 1. The first-order chi connectivity index (χ1) is 10.8. The van der Waals surface area contributed by atoms with Crippen molar-refractivity contribution < 1.29 is 13.9 Å². The average molecular weight is 308 g/mol. The van der Waals surface area contributed by atoms with Crippen molar-refractivity contribution >= 4 is 0 Å². The van der Waals surface area contributed by atoms with Crippen molar-refractivity contribution in [2.24, 2.45) is 5.92 Å². The second-order valence-electron chi connectivity index (χ2n) is 6.07. The van der Waals surface area contributed by atoms with Crippen LogP contribution in [0.5, 0.6) is 5.75 Å². The van der Waals surface area contributed by atoms with Gasteiger partial charge in [0, 0.05) is 51.0 Å². The first-order valence-corrected chi connectivity index (χ1v) is 8.15. The molecule has 22 heavy (non-hydrogen) atoms. The molecule has 2 aliphatic heterocycles. The van der Waals surface area contributed by atoms with Gasteiger partial charge in [0.15, 0.2) is 0 Å². The van der Waals surface area contributed by atoms with Crippen LogP contribution in [0, 0.1) is 11.7 Å². The first-order valence-electron chi connectivity index (χ1n) is 8.15. The Kier molecular flexibility index (Phi) is 5.28. The van der Waals surface area contributed by atoms with Crippen LogP contribution in [0.1, 0.15) is 24.4 Å². The summed E-state index contributed by atoms with van der Waals surface area (Å²) >= 11 is 0. The van der Waals surface area contributed by atoms with E-state index in [4.69, 9.17) is 9.47 Å². The van der Waals surface area contributed by atoms with Gasteiger partial charge in [0.25, 0.3) is 0 Å². The molecule has 2 aliphatic rings. The van der Waals surface area contributed by atoms with Crippen molar-refractivity contribution in [3.8, 4) is 5.75 Å². The molecule has 0 amide bonds. The van der Waals surface area contributed by atoms with Crippen molar-refractivity contribution in [3.05, 3.63) is 29.6 Å². The lowest BCUT2D eigenvalue weighted by molar-refractivity contribution is 0.0202. The molecule has 2 heterocycles. The third-order valence-corrected chi connectivity index (χ3v) is 4.78. The molecule has 0 aromatic heterocycles. The highest BCUT2D eigenvalue weighted by Gasteiger charge is 2.33. The second kappa shape index (κ2) is 7.40. The fraction of sp³-hybridized carbons (Fsp3) is 0.647. The average Bonchev–Trinajstić information content (AvgIpc) is 2.59. The molecule has 0 unspecified atom stereocenters. The molecule has 0 aliphatic carbocycles. The predicted octanol–water partition coefficient (Wildman–Crippen LogP) is 2.21. The largest absolute Gasteiger partial charge is 0.497 e. The monoisotopic (exact) mass is 308 g/mol. The summed E-state index contributed by atoms with van der Waals surface area (Å²) in [5, 5.41) is 3.38. The van der Waals surface area contributed by atoms with Gasteiger partial charge in [0.2, 0.25) is 0 Å². The minimum absolute atomic E-state index is 0.112. The summed E-state index contributed by atoms with van der Waals surface area (Å²) in [6.07, 6.45) is 1.98. The maximum absolute atomic E-state index is 14.5. The molecule has 3 rings (SSSR count). The van der Waals surface area contributed by atoms with E-state index >= 15 is 0 Å². The van der Waals surface area contributed by atoms with Gasteiger partial charge in [-0.15, -0.1) is 0 Å². The van der Waals surface area contributed by atoms with Crippen LogP contribution in [0.25, 0.3) is 0 Å². The van der Waals surface area contributed by atoms with E-state index in [0.29, 0.717) is 5.92 Å². The summed E-state index contributed by atoms with van der Waals surface area (Å²) in [7, 11) is 1.63. The Hall–Kier alpha value is -1.17. The molecule has 2 saturated heterocycles. The third-order valence-electron chi connectivity index (χ3n) is 4.78. The Labute approximate surface area is 131 Å². The Bertz CT molecular complexity index is 468. The third kappa shape index (κ3) is 3.42. The van der Waals surface area contributed by atoms with E-state index in [1.807, 2.05) is 6.07 Å². The van der Waals surface area contributed by atoms with Crippen LogP contribution in [0.4, 0.5) is 4.39 Å². The lowest BCUT2D eigenvalue weighted by Gasteiger charge is -2.41. The van der Waals surface area contributed by atoms with Crippen LogP contribution in [0.3, 0.4) is 0 Å². The molecule has 122 valence electrons. The predicted molar refractivity (Wildman–Crippen MR) is 83.7 cm³/mol. The summed E-state index contributed by atoms with van der Waals surface area (Å²) in [5.41, 5.74) is 0.771. The fourth-order valence-corrected chi connectivity index (χ4v) is 3.62. The van der Waals surface area contributed by atoms with Gasteiger partial charge >= 0.3 is 0 Å². The van der Waals surface area contributed by atoms with Crippen molar-refractivity contribution in [2.75, 3.05) is 46.5 Å². The van der Waals surface area contributed by atoms with Gasteiger partial charge in [-0.3, -0.25) is 4.90 Å². The lowest BCUT2D eigenvalue weighted by Crippen LogP contribution is -2.47. The van der Waals surface area contributed by atoms with Crippen molar-refractivity contribution in [1.29, 1.82) is 0 Å². The standard InChI is InChI=1S/C17H25FN2O2/c1-21-14-2-3-16(18)15(12-14)17(13-4-10-22-11-5-13)20-8-6-19-7-9-20/h2-3,12-13,17,19H,4-11H2,1H3/t17-/m0/s1. The molecule has 2 fully saturated rings. The van der Waals surface area contributed by atoms with Gasteiger partial charge in [-0.05, 0) is 37.0 Å². The Morgan fingerprint density at radius 2 is 2.00 bits per heavy atom. The van der Waals surface area contributed by atoms with E-state index in [1.54, 1.807) is 13.2 Å². The molecule has 0 spiro atoms. The maximum Gasteiger partial charge on any atom is 0.128 e. The number of hydrogen-bond acceptors (Lipinski definition) is 4. The molecular formula is C17H25FN2O2. The smallest absolute Gasteiger partial charge is 0.128 e. The van der Waals surface area contributed by atoms with Crippen LogP contribution in [-0.2, 0) is 4.74 Å². The van der Waals surface area contributed by atoms with Gasteiger partial charge in [-0.25, -0.2) is 4.39 Å². The number of methoxy groups -OCH3 is 1. The maximum atomic E-state index is 14.5. The van der Waals surface area contributed by atoms with Gasteiger partial charge in [-0.2, -0.15) is 0 Å². The Morgan fingerprint density at radius 3 is 2.68 bits per heavy atom. The van der Waals surface area contributed by atoms with E-state index in [2.05, 4.69) is 10.2 Å². The number of halogens is 1.